The van der Waals surface area contributed by atoms with Crippen molar-refractivity contribution in [2.75, 3.05) is 0 Å². The molecule has 0 fully saturated rings. The first kappa shape index (κ1) is 9.29. The quantitative estimate of drug-likeness (QED) is 0.390. The normalized spacial score (nSPS) is 12.6. The van der Waals surface area contributed by atoms with Crippen LogP contribution in [0.4, 0.5) is 0 Å². The van der Waals surface area contributed by atoms with Crippen LogP contribution in [0.3, 0.4) is 0 Å². The molecule has 0 saturated heterocycles. The summed E-state index contributed by atoms with van der Waals surface area (Å²) in [5.41, 5.74) is 1.73. The maximum absolute atomic E-state index is 8.07. The van der Waals surface area contributed by atoms with Crippen LogP contribution in [-0.2, 0) is 0 Å². The van der Waals surface area contributed by atoms with Crippen molar-refractivity contribution in [3.05, 3.63) is 0 Å². The summed E-state index contributed by atoms with van der Waals surface area (Å²) in [6, 6.07) is 0. The second-order valence-electron chi connectivity index (χ2n) is 0.489. The fourth-order valence-electron chi connectivity index (χ4n) is 0. The molecule has 1 unspecified atom stereocenters. The molecule has 0 amide bonds. The Morgan fingerprint density at radius 1 is 1.80 bits per heavy atom. The van der Waals surface area contributed by atoms with Crippen molar-refractivity contribution in [3.63, 3.8) is 0 Å². The van der Waals surface area contributed by atoms with Gasteiger partial charge in [0.2, 0.25) is 0 Å². The summed E-state index contributed by atoms with van der Waals surface area (Å²) in [6.45, 7) is 0. The summed E-state index contributed by atoms with van der Waals surface area (Å²) in [7, 11) is 3.67. The van der Waals surface area contributed by atoms with Crippen molar-refractivity contribution in [1.82, 2.24) is 0 Å². The van der Waals surface area contributed by atoms with Gasteiger partial charge < -0.3 is 0 Å². The molecule has 1 N–H and O–H groups in total. The Labute approximate surface area is 42.4 Å². The van der Waals surface area contributed by atoms with Gasteiger partial charge in [0.1, 0.15) is 0 Å². The summed E-state index contributed by atoms with van der Waals surface area (Å²) in [5.74, 6) is 0. The van der Waals surface area contributed by atoms with Gasteiger partial charge in [0.25, 0.3) is 0 Å². The Bertz CT molecular complexity index is 14.4. The fraction of sp³-hybridized carbons (Fsp3) is 1.00. The molecule has 1 nitrogen and oxygen atoms in total. The van der Waals surface area contributed by atoms with Crippen molar-refractivity contribution in [2.24, 2.45) is 0 Å². The molecular weight excluding hydrogens is 147 g/mol. The van der Waals surface area contributed by atoms with Crippen LogP contribution in [0, 0.1) is 0 Å². The van der Waals surface area contributed by atoms with E-state index in [9.17, 15) is 0 Å². The average Bonchev–Trinajstić information content (AvgIpc) is 0.811. The van der Waals surface area contributed by atoms with Crippen LogP contribution in [0.5, 0.6) is 0 Å². The molecule has 3 heteroatoms. The van der Waals surface area contributed by atoms with Gasteiger partial charge in [0.05, 0.1) is 0 Å². The van der Waals surface area contributed by atoms with Crippen molar-refractivity contribution in [2.45, 2.75) is 13.1 Å². The van der Waals surface area contributed by atoms with E-state index in [1.54, 1.807) is 5.71 Å². The van der Waals surface area contributed by atoms with Gasteiger partial charge in [0, 0.05) is 0 Å². The summed E-state index contributed by atoms with van der Waals surface area (Å²) < 4.78 is 8.07. The zero-order chi connectivity index (χ0) is 3.58. The van der Waals surface area contributed by atoms with Crippen molar-refractivity contribution >= 4 is 24.7 Å². The summed E-state index contributed by atoms with van der Waals surface area (Å²) in [4.78, 5) is 0. The number of rotatable bonds is 0. The second kappa shape index (κ2) is 4.87. The van der Waals surface area contributed by atoms with Crippen LogP contribution in [0.25, 0.3) is 0 Å². The van der Waals surface area contributed by atoms with Gasteiger partial charge >= 0.3 is 34.5 Å². The first-order valence-electron chi connectivity index (χ1n) is 0.847. The molecule has 0 aliphatic heterocycles. The van der Waals surface area contributed by atoms with Crippen LogP contribution in [0.2, 0.25) is 5.71 Å². The third-order valence-electron chi connectivity index (χ3n) is 0. The number of thiol groups is 1. The first-order chi connectivity index (χ1) is 1.73. The number of hydrogen-bond donors (Lipinski definition) is 2. The predicted molar refractivity (Wildman–Crippen MR) is 29.6 cm³/mol. The standard InChI is InChI=1S/CH5AsOS.CH4/c1-2(3)4;/h3-4H,1H3;1H4. The molecule has 0 aliphatic rings. The molecule has 0 heterocycles. The van der Waals surface area contributed by atoms with Gasteiger partial charge in [-0.1, -0.05) is 7.43 Å². The van der Waals surface area contributed by atoms with Gasteiger partial charge in [-0.3, -0.25) is 0 Å². The Hall–Kier alpha value is 0.868. The maximum atomic E-state index is 8.07. The molecule has 0 bridgehead atoms. The van der Waals surface area contributed by atoms with Crippen LogP contribution in [-0.4, -0.2) is 17.9 Å². The van der Waals surface area contributed by atoms with Gasteiger partial charge in [0.15, 0.2) is 0 Å². The van der Waals surface area contributed by atoms with Crippen LogP contribution >= 0.6 is 10.9 Å². The summed E-state index contributed by atoms with van der Waals surface area (Å²) >= 11 is -1.49. The zero-order valence-electron chi connectivity index (χ0n) is 2.34. The van der Waals surface area contributed by atoms with Gasteiger partial charge in [-0.2, -0.15) is 0 Å². The molecule has 0 aromatic rings. The second-order valence-corrected chi connectivity index (χ2v) is 5.55. The summed E-state index contributed by atoms with van der Waals surface area (Å²) in [5, 5.41) is 0. The van der Waals surface area contributed by atoms with E-state index in [0.29, 0.717) is 0 Å². The Kier molecular flexibility index (Phi) is 9.05. The predicted octanol–water partition coefficient (Wildman–Crippen LogP) is 0.663. The first-order valence-corrected chi connectivity index (χ1v) is 6.48. The fourth-order valence-corrected chi connectivity index (χ4v) is 0. The molecule has 5 heavy (non-hydrogen) atoms. The Balaban J connectivity index is 0. The molecule has 0 aromatic carbocycles. The molecule has 0 rings (SSSR count). The SMILES string of the molecule is C.C[As](O)S. The van der Waals surface area contributed by atoms with Gasteiger partial charge in [-0.05, 0) is 0 Å². The van der Waals surface area contributed by atoms with Gasteiger partial charge in [-0.25, -0.2) is 0 Å². The van der Waals surface area contributed by atoms with Crippen molar-refractivity contribution < 1.29 is 4.10 Å². The molecule has 0 aliphatic carbocycles. The van der Waals surface area contributed by atoms with E-state index >= 15 is 0 Å². The monoisotopic (exact) mass is 156 g/mol. The molecule has 0 aromatic heterocycles. The Morgan fingerprint density at radius 3 is 1.80 bits per heavy atom. The zero-order valence-corrected chi connectivity index (χ0v) is 5.11. The molecule has 34 valence electrons. The van der Waals surface area contributed by atoms with Crippen molar-refractivity contribution in [3.8, 4) is 0 Å². The molecule has 0 spiro atoms. The third-order valence-corrected chi connectivity index (χ3v) is 0. The van der Waals surface area contributed by atoms with Crippen LogP contribution in [0.1, 0.15) is 7.43 Å². The molecule has 0 saturated carbocycles. The Morgan fingerprint density at radius 2 is 1.80 bits per heavy atom. The summed E-state index contributed by atoms with van der Waals surface area (Å²) in [6.07, 6.45) is 0. The van der Waals surface area contributed by atoms with Crippen LogP contribution in [0.15, 0.2) is 0 Å². The number of hydrogen-bond acceptors (Lipinski definition) is 2. The third kappa shape index (κ3) is 53.1. The van der Waals surface area contributed by atoms with E-state index in [0.717, 1.165) is 0 Å². The average molecular weight is 156 g/mol. The molecular formula is C2H9AsOS. The van der Waals surface area contributed by atoms with E-state index < -0.39 is 13.8 Å². The van der Waals surface area contributed by atoms with E-state index in [4.69, 9.17) is 4.10 Å². The van der Waals surface area contributed by atoms with E-state index in [2.05, 4.69) is 10.9 Å². The molecule has 0 radical (unpaired) electrons. The van der Waals surface area contributed by atoms with E-state index in [1.165, 1.54) is 0 Å². The van der Waals surface area contributed by atoms with E-state index in [1.807, 2.05) is 0 Å². The minimum absolute atomic E-state index is 0. The van der Waals surface area contributed by atoms with Crippen molar-refractivity contribution in [1.29, 1.82) is 0 Å². The van der Waals surface area contributed by atoms with E-state index in [-0.39, 0.29) is 7.43 Å². The minimum atomic E-state index is -1.49. The topological polar surface area (TPSA) is 20.2 Å². The molecule has 1 atom stereocenters. The van der Waals surface area contributed by atoms with Gasteiger partial charge in [-0.15, -0.1) is 0 Å². The van der Waals surface area contributed by atoms with Crippen LogP contribution < -0.4 is 0 Å².